The normalized spacial score (nSPS) is 16.5. The number of ether oxygens (including phenoxy) is 2. The van der Waals surface area contributed by atoms with Crippen LogP contribution in [0.15, 0.2) is 47.6 Å². The van der Waals surface area contributed by atoms with Crippen molar-refractivity contribution >= 4 is 23.0 Å². The lowest BCUT2D eigenvalue weighted by Crippen LogP contribution is -2.16. The largest absolute Gasteiger partial charge is 0.491 e. The quantitative estimate of drug-likeness (QED) is 0.492. The fourth-order valence-corrected chi connectivity index (χ4v) is 2.81. The molecule has 1 saturated heterocycles. The fourth-order valence-electron chi connectivity index (χ4n) is 2.81. The topological polar surface area (TPSA) is 72.0 Å². The number of anilines is 2. The molecule has 1 fully saturated rings. The number of nitrogens with zero attached hydrogens (tertiary/aromatic N) is 1. The van der Waals surface area contributed by atoms with Crippen LogP contribution in [-0.2, 0) is 4.74 Å². The van der Waals surface area contributed by atoms with E-state index in [0.717, 1.165) is 31.6 Å². The van der Waals surface area contributed by atoms with Crippen molar-refractivity contribution in [3.05, 3.63) is 53.8 Å². The zero-order valence-corrected chi connectivity index (χ0v) is 16.7. The second-order valence-electron chi connectivity index (χ2n) is 6.90. The Morgan fingerprint density at radius 2 is 2.00 bits per heavy atom. The molecule has 0 spiro atoms. The number of halogens is 1. The zero-order chi connectivity index (χ0) is 20.6. The second kappa shape index (κ2) is 10.0. The van der Waals surface area contributed by atoms with Gasteiger partial charge in [0.05, 0.1) is 17.5 Å². The monoisotopic (exact) mass is 399 g/mol. The number of carbonyl (C=O) groups excluding carboxylic acids is 1. The Bertz CT molecular complexity index is 862. The Balaban J connectivity index is 1.60. The van der Waals surface area contributed by atoms with E-state index in [0.29, 0.717) is 17.9 Å². The van der Waals surface area contributed by atoms with E-state index in [4.69, 9.17) is 9.47 Å². The maximum Gasteiger partial charge on any atom is 0.255 e. The zero-order valence-electron chi connectivity index (χ0n) is 16.7. The van der Waals surface area contributed by atoms with E-state index >= 15 is 0 Å². The summed E-state index contributed by atoms with van der Waals surface area (Å²) in [6, 6.07) is 11.5. The van der Waals surface area contributed by atoms with E-state index in [1.807, 2.05) is 13.8 Å². The van der Waals surface area contributed by atoms with Crippen LogP contribution in [-0.4, -0.2) is 30.9 Å². The van der Waals surface area contributed by atoms with Crippen LogP contribution in [0.4, 0.5) is 15.8 Å². The SMILES string of the molecule is CC/C(C)=N/Nc1cccc(NC(=O)c2ccc(OC[C@@H]3CCCO3)cc2)c1F. The Hall–Kier alpha value is -2.93. The van der Waals surface area contributed by atoms with Crippen LogP contribution >= 0.6 is 0 Å². The molecule has 0 bridgehead atoms. The first-order chi connectivity index (χ1) is 14.1. The van der Waals surface area contributed by atoms with Gasteiger partial charge in [-0.1, -0.05) is 13.0 Å². The molecular formula is C22H26FN3O3. The molecule has 0 aromatic heterocycles. The van der Waals surface area contributed by atoms with Crippen molar-refractivity contribution in [2.45, 2.75) is 39.2 Å². The Kier molecular flexibility index (Phi) is 7.19. The van der Waals surface area contributed by atoms with Gasteiger partial charge in [0.1, 0.15) is 12.4 Å². The van der Waals surface area contributed by atoms with E-state index in [9.17, 15) is 9.18 Å². The molecule has 6 nitrogen and oxygen atoms in total. The molecule has 29 heavy (non-hydrogen) atoms. The summed E-state index contributed by atoms with van der Waals surface area (Å²) in [5.74, 6) is -0.302. The lowest BCUT2D eigenvalue weighted by molar-refractivity contribution is 0.0679. The van der Waals surface area contributed by atoms with Crippen LogP contribution in [0.2, 0.25) is 0 Å². The van der Waals surface area contributed by atoms with E-state index in [-0.39, 0.29) is 17.5 Å². The number of amides is 1. The number of nitrogens with one attached hydrogen (secondary N) is 2. The van der Waals surface area contributed by atoms with Gasteiger partial charge in [-0.15, -0.1) is 0 Å². The van der Waals surface area contributed by atoms with E-state index in [1.165, 1.54) is 6.07 Å². The molecule has 7 heteroatoms. The number of hydrazone groups is 1. The molecule has 2 aromatic carbocycles. The van der Waals surface area contributed by atoms with Crippen molar-refractivity contribution in [2.24, 2.45) is 5.10 Å². The predicted octanol–water partition coefficient (Wildman–Crippen LogP) is 4.83. The smallest absolute Gasteiger partial charge is 0.255 e. The minimum atomic E-state index is -0.565. The molecule has 2 N–H and O–H groups in total. The van der Waals surface area contributed by atoms with Gasteiger partial charge in [-0.05, 0) is 62.6 Å². The van der Waals surface area contributed by atoms with E-state index < -0.39 is 11.7 Å². The molecule has 1 amide bonds. The maximum atomic E-state index is 14.6. The average Bonchev–Trinajstić information content (AvgIpc) is 3.26. The number of benzene rings is 2. The first kappa shape index (κ1) is 20.8. The predicted molar refractivity (Wildman–Crippen MR) is 112 cm³/mol. The number of rotatable bonds is 8. The molecule has 0 aliphatic carbocycles. The van der Waals surface area contributed by atoms with Crippen LogP contribution in [0.5, 0.6) is 5.75 Å². The number of hydrogen-bond acceptors (Lipinski definition) is 5. The minimum Gasteiger partial charge on any atom is -0.491 e. The molecule has 1 aliphatic rings. The summed E-state index contributed by atoms with van der Waals surface area (Å²) >= 11 is 0. The maximum absolute atomic E-state index is 14.6. The Morgan fingerprint density at radius 3 is 2.69 bits per heavy atom. The molecule has 1 aliphatic heterocycles. The first-order valence-corrected chi connectivity index (χ1v) is 9.80. The summed E-state index contributed by atoms with van der Waals surface area (Å²) in [7, 11) is 0. The highest BCUT2D eigenvalue weighted by Crippen LogP contribution is 2.23. The third-order valence-electron chi connectivity index (χ3n) is 4.70. The summed E-state index contributed by atoms with van der Waals surface area (Å²) in [6.45, 7) is 5.10. The Labute approximate surface area is 170 Å². The van der Waals surface area contributed by atoms with Crippen LogP contribution in [0, 0.1) is 5.82 Å². The van der Waals surface area contributed by atoms with Crippen molar-refractivity contribution in [1.82, 2.24) is 0 Å². The summed E-state index contributed by atoms with van der Waals surface area (Å²) in [4.78, 5) is 12.5. The standard InChI is InChI=1S/C22H26FN3O3/c1-3-15(2)25-26-20-8-4-7-19(21(20)23)24-22(27)16-9-11-17(12-10-16)29-14-18-6-5-13-28-18/h4,7-12,18,26H,3,5-6,13-14H2,1-2H3,(H,24,27)/b25-15+/t18-/m0/s1. The highest BCUT2D eigenvalue weighted by atomic mass is 19.1. The van der Waals surface area contributed by atoms with Gasteiger partial charge in [0.2, 0.25) is 0 Å². The van der Waals surface area contributed by atoms with Crippen LogP contribution in [0.3, 0.4) is 0 Å². The number of carbonyl (C=O) groups is 1. The minimum absolute atomic E-state index is 0.0862. The van der Waals surface area contributed by atoms with Gasteiger partial charge in [0, 0.05) is 17.9 Å². The van der Waals surface area contributed by atoms with Crippen molar-refractivity contribution < 1.29 is 18.7 Å². The van der Waals surface area contributed by atoms with Gasteiger partial charge in [-0.25, -0.2) is 4.39 Å². The molecule has 3 rings (SSSR count). The highest BCUT2D eigenvalue weighted by Gasteiger charge is 2.16. The van der Waals surface area contributed by atoms with Crippen LogP contribution in [0.25, 0.3) is 0 Å². The van der Waals surface area contributed by atoms with Crippen molar-refractivity contribution in [2.75, 3.05) is 24.0 Å². The summed E-state index contributed by atoms with van der Waals surface area (Å²) < 4.78 is 25.9. The Morgan fingerprint density at radius 1 is 1.24 bits per heavy atom. The molecule has 0 saturated carbocycles. The first-order valence-electron chi connectivity index (χ1n) is 9.80. The third-order valence-corrected chi connectivity index (χ3v) is 4.70. The fraction of sp³-hybridized carbons (Fsp3) is 0.364. The van der Waals surface area contributed by atoms with E-state index in [2.05, 4.69) is 15.8 Å². The van der Waals surface area contributed by atoms with Crippen LogP contribution in [0.1, 0.15) is 43.5 Å². The van der Waals surface area contributed by atoms with Gasteiger partial charge in [0.15, 0.2) is 5.82 Å². The molecule has 154 valence electrons. The van der Waals surface area contributed by atoms with Gasteiger partial charge in [-0.3, -0.25) is 10.2 Å². The molecular weight excluding hydrogens is 373 g/mol. The van der Waals surface area contributed by atoms with Gasteiger partial charge in [0.25, 0.3) is 5.91 Å². The second-order valence-corrected chi connectivity index (χ2v) is 6.90. The van der Waals surface area contributed by atoms with Crippen molar-refractivity contribution in [3.8, 4) is 5.75 Å². The third kappa shape index (κ3) is 5.77. The molecule has 1 atom stereocenters. The molecule has 1 heterocycles. The molecule has 0 radical (unpaired) electrons. The van der Waals surface area contributed by atoms with Gasteiger partial charge < -0.3 is 14.8 Å². The summed E-state index contributed by atoms with van der Waals surface area (Å²) in [6.07, 6.45) is 2.96. The lowest BCUT2D eigenvalue weighted by atomic mass is 10.2. The molecule has 2 aromatic rings. The lowest BCUT2D eigenvalue weighted by Gasteiger charge is -2.12. The summed E-state index contributed by atoms with van der Waals surface area (Å²) in [5.41, 5.74) is 4.24. The summed E-state index contributed by atoms with van der Waals surface area (Å²) in [5, 5.41) is 6.70. The van der Waals surface area contributed by atoms with Gasteiger partial charge in [-0.2, -0.15) is 5.10 Å². The number of hydrogen-bond donors (Lipinski definition) is 2. The molecule has 0 unspecified atom stereocenters. The van der Waals surface area contributed by atoms with Crippen LogP contribution < -0.4 is 15.5 Å². The van der Waals surface area contributed by atoms with Crippen molar-refractivity contribution in [1.29, 1.82) is 0 Å². The highest BCUT2D eigenvalue weighted by molar-refractivity contribution is 6.04. The van der Waals surface area contributed by atoms with E-state index in [1.54, 1.807) is 36.4 Å². The van der Waals surface area contributed by atoms with Crippen molar-refractivity contribution in [3.63, 3.8) is 0 Å². The average molecular weight is 399 g/mol. The van der Waals surface area contributed by atoms with Gasteiger partial charge >= 0.3 is 0 Å².